The Kier molecular flexibility index (Phi) is 5.74. The number of nitrogens with two attached hydrogens (primary N) is 1. The van der Waals surface area contributed by atoms with Crippen LogP contribution in [0.3, 0.4) is 0 Å². The molecule has 1 aromatic heterocycles. The Morgan fingerprint density at radius 1 is 1.04 bits per heavy atom. The maximum atomic E-state index is 12.2. The van der Waals surface area contributed by atoms with Crippen LogP contribution < -0.4 is 15.8 Å². The van der Waals surface area contributed by atoms with E-state index in [1.54, 1.807) is 24.3 Å². The van der Waals surface area contributed by atoms with Crippen LogP contribution in [0.4, 0.5) is 11.8 Å². The van der Waals surface area contributed by atoms with Crippen molar-refractivity contribution in [2.45, 2.75) is 32.1 Å². The molecule has 0 unspecified atom stereocenters. The van der Waals surface area contributed by atoms with Crippen LogP contribution in [0, 0.1) is 20.8 Å². The van der Waals surface area contributed by atoms with Gasteiger partial charge in [0.2, 0.25) is 16.0 Å². The van der Waals surface area contributed by atoms with E-state index >= 15 is 0 Å². The largest absolute Gasteiger partial charge is 0.370 e. The highest BCUT2D eigenvalue weighted by Gasteiger charge is 2.12. The van der Waals surface area contributed by atoms with Gasteiger partial charge in [0.1, 0.15) is 5.82 Å². The van der Waals surface area contributed by atoms with Gasteiger partial charge in [0, 0.05) is 24.3 Å². The van der Waals surface area contributed by atoms with Crippen molar-refractivity contribution in [2.24, 2.45) is 0 Å². The zero-order valence-electron chi connectivity index (χ0n) is 14.1. The first-order chi connectivity index (χ1) is 11.3. The normalized spacial score (nSPS) is 11.5. The molecule has 0 aliphatic rings. The minimum absolute atomic E-state index is 0.223. The Morgan fingerprint density at radius 2 is 1.71 bits per heavy atom. The molecule has 0 amide bonds. The maximum Gasteiger partial charge on any atom is 0.240 e. The van der Waals surface area contributed by atoms with Gasteiger partial charge < -0.3 is 11.1 Å². The number of hydrogen-bond donors (Lipinski definition) is 3. The predicted octanol–water partition coefficient (Wildman–Crippen LogP) is 1.76. The fourth-order valence-electron chi connectivity index (χ4n) is 2.13. The molecule has 0 spiro atoms. The first-order valence-corrected chi connectivity index (χ1v) is 9.19. The summed E-state index contributed by atoms with van der Waals surface area (Å²) in [6.45, 7) is 6.61. The van der Waals surface area contributed by atoms with Gasteiger partial charge in [-0.05, 0) is 39.3 Å². The fourth-order valence-corrected chi connectivity index (χ4v) is 3.20. The average Bonchev–Trinajstić information content (AvgIpc) is 2.51. The molecule has 2 rings (SSSR count). The topological polar surface area (TPSA) is 110 Å². The minimum Gasteiger partial charge on any atom is -0.370 e. The van der Waals surface area contributed by atoms with E-state index in [0.29, 0.717) is 25.3 Å². The number of anilines is 2. The van der Waals surface area contributed by atoms with Gasteiger partial charge in [-0.2, -0.15) is 4.98 Å². The van der Waals surface area contributed by atoms with E-state index in [9.17, 15) is 8.42 Å². The Morgan fingerprint density at radius 3 is 2.38 bits per heavy atom. The molecule has 0 aliphatic heterocycles. The second-order valence-corrected chi connectivity index (χ2v) is 7.40. The quantitative estimate of drug-likeness (QED) is 0.657. The third-order valence-electron chi connectivity index (χ3n) is 3.68. The molecular formula is C16H23N5O2S. The molecule has 1 aromatic carbocycles. The molecule has 24 heavy (non-hydrogen) atoms. The summed E-state index contributed by atoms with van der Waals surface area (Å²) in [6.07, 6.45) is 0.619. The predicted molar refractivity (Wildman–Crippen MR) is 95.4 cm³/mol. The lowest BCUT2D eigenvalue weighted by molar-refractivity contribution is 0.580. The zero-order chi connectivity index (χ0) is 17.7. The van der Waals surface area contributed by atoms with Gasteiger partial charge in [0.05, 0.1) is 4.90 Å². The first kappa shape index (κ1) is 18.2. The van der Waals surface area contributed by atoms with Crippen LogP contribution in [0.2, 0.25) is 0 Å². The van der Waals surface area contributed by atoms with Crippen molar-refractivity contribution in [3.05, 3.63) is 41.1 Å². The number of sulfonamides is 1. The van der Waals surface area contributed by atoms with Gasteiger partial charge in [0.15, 0.2) is 0 Å². The number of aryl methyl sites for hydroxylation is 2. The van der Waals surface area contributed by atoms with E-state index in [2.05, 4.69) is 20.0 Å². The summed E-state index contributed by atoms with van der Waals surface area (Å²) < 4.78 is 26.9. The van der Waals surface area contributed by atoms with E-state index in [1.165, 1.54) is 0 Å². The third kappa shape index (κ3) is 4.65. The number of nitrogens with one attached hydrogen (secondary N) is 2. The number of hydrogen-bond acceptors (Lipinski definition) is 6. The van der Waals surface area contributed by atoms with Crippen LogP contribution in [0.15, 0.2) is 29.2 Å². The number of nitrogens with zero attached hydrogens (tertiary/aromatic N) is 2. The molecule has 0 radical (unpaired) electrons. The molecule has 0 saturated heterocycles. The number of benzene rings is 1. The van der Waals surface area contributed by atoms with Crippen LogP contribution in [-0.2, 0) is 10.0 Å². The maximum absolute atomic E-state index is 12.2. The second-order valence-electron chi connectivity index (χ2n) is 5.63. The van der Waals surface area contributed by atoms with Gasteiger partial charge in [-0.25, -0.2) is 18.1 Å². The van der Waals surface area contributed by atoms with E-state index < -0.39 is 10.0 Å². The Balaban J connectivity index is 1.84. The van der Waals surface area contributed by atoms with Crippen molar-refractivity contribution >= 4 is 21.8 Å². The van der Waals surface area contributed by atoms with Crippen molar-refractivity contribution in [1.29, 1.82) is 0 Å². The number of aromatic nitrogens is 2. The van der Waals surface area contributed by atoms with Crippen LogP contribution in [0.5, 0.6) is 0 Å². The average molecular weight is 349 g/mol. The lowest BCUT2D eigenvalue weighted by Crippen LogP contribution is -2.26. The highest BCUT2D eigenvalue weighted by atomic mass is 32.2. The molecule has 1 heterocycles. The van der Waals surface area contributed by atoms with Gasteiger partial charge in [-0.1, -0.05) is 17.7 Å². The smallest absolute Gasteiger partial charge is 0.240 e. The molecule has 4 N–H and O–H groups in total. The van der Waals surface area contributed by atoms with Crippen molar-refractivity contribution < 1.29 is 8.42 Å². The van der Waals surface area contributed by atoms with E-state index in [1.807, 2.05) is 20.8 Å². The molecule has 0 bridgehead atoms. The SMILES string of the molecule is Cc1ccc(S(=O)(=O)NCCCNc2nc(N)nc(C)c2C)cc1. The number of nitrogen functional groups attached to an aromatic ring is 1. The summed E-state index contributed by atoms with van der Waals surface area (Å²) in [6, 6.07) is 6.76. The lowest BCUT2D eigenvalue weighted by Gasteiger charge is -2.11. The molecular weight excluding hydrogens is 326 g/mol. The van der Waals surface area contributed by atoms with Gasteiger partial charge in [0.25, 0.3) is 0 Å². The van der Waals surface area contributed by atoms with E-state index in [-0.39, 0.29) is 10.8 Å². The summed E-state index contributed by atoms with van der Waals surface area (Å²) in [7, 11) is -3.47. The van der Waals surface area contributed by atoms with Gasteiger partial charge >= 0.3 is 0 Å². The highest BCUT2D eigenvalue weighted by Crippen LogP contribution is 2.15. The van der Waals surface area contributed by atoms with Crippen LogP contribution in [-0.4, -0.2) is 31.5 Å². The summed E-state index contributed by atoms with van der Waals surface area (Å²) >= 11 is 0. The Hall–Kier alpha value is -2.19. The molecule has 0 aliphatic carbocycles. The minimum atomic E-state index is -3.47. The summed E-state index contributed by atoms with van der Waals surface area (Å²) in [5.74, 6) is 0.905. The molecule has 7 nitrogen and oxygen atoms in total. The molecule has 130 valence electrons. The lowest BCUT2D eigenvalue weighted by atomic mass is 10.2. The Bertz CT molecular complexity index is 804. The fraction of sp³-hybridized carbons (Fsp3) is 0.375. The summed E-state index contributed by atoms with van der Waals surface area (Å²) in [5.41, 5.74) is 8.42. The molecule has 8 heteroatoms. The summed E-state index contributed by atoms with van der Waals surface area (Å²) in [5, 5.41) is 3.16. The van der Waals surface area contributed by atoms with Crippen molar-refractivity contribution in [3.8, 4) is 0 Å². The van der Waals surface area contributed by atoms with E-state index in [0.717, 1.165) is 16.8 Å². The molecule has 0 fully saturated rings. The van der Waals surface area contributed by atoms with Crippen molar-refractivity contribution in [1.82, 2.24) is 14.7 Å². The second kappa shape index (κ2) is 7.59. The third-order valence-corrected chi connectivity index (χ3v) is 5.15. The molecule has 2 aromatic rings. The first-order valence-electron chi connectivity index (χ1n) is 7.70. The van der Waals surface area contributed by atoms with Crippen molar-refractivity contribution in [3.63, 3.8) is 0 Å². The number of rotatable bonds is 7. The van der Waals surface area contributed by atoms with Gasteiger partial charge in [-0.15, -0.1) is 0 Å². The van der Waals surface area contributed by atoms with Crippen molar-refractivity contribution in [2.75, 3.05) is 24.1 Å². The van der Waals surface area contributed by atoms with Crippen LogP contribution in [0.1, 0.15) is 23.2 Å². The standard InChI is InChI=1S/C16H23N5O2S/c1-11-5-7-14(8-6-11)24(22,23)19-10-4-9-18-15-12(2)13(3)20-16(17)21-15/h5-8,19H,4,9-10H2,1-3H3,(H3,17,18,20,21). The van der Waals surface area contributed by atoms with Crippen LogP contribution in [0.25, 0.3) is 0 Å². The van der Waals surface area contributed by atoms with Gasteiger partial charge in [-0.3, -0.25) is 0 Å². The van der Waals surface area contributed by atoms with E-state index in [4.69, 9.17) is 5.73 Å². The molecule has 0 atom stereocenters. The molecule has 0 saturated carbocycles. The zero-order valence-corrected chi connectivity index (χ0v) is 14.9. The summed E-state index contributed by atoms with van der Waals surface area (Å²) in [4.78, 5) is 8.51. The Labute approximate surface area is 142 Å². The monoisotopic (exact) mass is 349 g/mol. The van der Waals surface area contributed by atoms with Crippen LogP contribution >= 0.6 is 0 Å². The highest BCUT2D eigenvalue weighted by molar-refractivity contribution is 7.89.